The summed E-state index contributed by atoms with van der Waals surface area (Å²) in [6.45, 7) is 6.85. The van der Waals surface area contributed by atoms with Crippen LogP contribution >= 0.6 is 0 Å². The molecular weight excluding hydrogens is 566 g/mol. The van der Waals surface area contributed by atoms with Gasteiger partial charge in [0.1, 0.15) is 6.04 Å². The van der Waals surface area contributed by atoms with Gasteiger partial charge in [0.2, 0.25) is 5.91 Å². The molecule has 1 aromatic heterocycles. The average Bonchev–Trinajstić information content (AvgIpc) is 3.03. The Balaban J connectivity index is 1.34. The number of hydrogen-bond donors (Lipinski definition) is 0. The van der Waals surface area contributed by atoms with E-state index in [9.17, 15) is 14.4 Å². The quantitative estimate of drug-likeness (QED) is 0.326. The zero-order valence-electron chi connectivity index (χ0n) is 27.0. The van der Waals surface area contributed by atoms with Crippen molar-refractivity contribution in [2.45, 2.75) is 110 Å². The van der Waals surface area contributed by atoms with E-state index in [0.717, 1.165) is 49.6 Å². The van der Waals surface area contributed by atoms with Crippen LogP contribution in [0.3, 0.4) is 0 Å². The average molecular weight is 614 g/mol. The molecule has 2 aromatic rings. The molecule has 2 aliphatic heterocycles. The van der Waals surface area contributed by atoms with Crippen LogP contribution in [-0.4, -0.2) is 61.2 Å². The Bertz CT molecular complexity index is 1470. The number of para-hydroxylation sites is 2. The number of fused-ring (bicyclic) bond motifs is 2. The van der Waals surface area contributed by atoms with Gasteiger partial charge in [-0.15, -0.1) is 0 Å². The molecule has 0 radical (unpaired) electrons. The number of amides is 3. The van der Waals surface area contributed by atoms with Gasteiger partial charge < -0.3 is 4.90 Å². The molecule has 0 unspecified atom stereocenters. The summed E-state index contributed by atoms with van der Waals surface area (Å²) in [7, 11) is 0. The van der Waals surface area contributed by atoms with Crippen LogP contribution in [0.1, 0.15) is 104 Å². The van der Waals surface area contributed by atoms with Crippen molar-refractivity contribution < 1.29 is 19.2 Å². The smallest absolute Gasteiger partial charge is 0.276 e. The highest BCUT2D eigenvalue weighted by atomic mass is 16.7. The molecule has 3 fully saturated rings. The fourth-order valence-corrected chi connectivity index (χ4v) is 7.38. The van der Waals surface area contributed by atoms with Crippen LogP contribution in [0.2, 0.25) is 0 Å². The predicted octanol–water partition coefficient (Wildman–Crippen LogP) is 6.61. The summed E-state index contributed by atoms with van der Waals surface area (Å²) >= 11 is 0. The van der Waals surface area contributed by atoms with Crippen LogP contribution in [0.5, 0.6) is 0 Å². The molecule has 3 amide bonds. The van der Waals surface area contributed by atoms with E-state index in [0.29, 0.717) is 42.7 Å². The van der Waals surface area contributed by atoms with Gasteiger partial charge in [0, 0.05) is 12.6 Å². The summed E-state index contributed by atoms with van der Waals surface area (Å²) in [5, 5.41) is 1.26. The van der Waals surface area contributed by atoms with Crippen LogP contribution in [0.4, 0.5) is 0 Å². The van der Waals surface area contributed by atoms with Crippen molar-refractivity contribution in [2.24, 2.45) is 17.3 Å². The Morgan fingerprint density at radius 1 is 0.933 bits per heavy atom. The third-order valence-electron chi connectivity index (χ3n) is 9.67. The first-order chi connectivity index (χ1) is 21.7. The Morgan fingerprint density at radius 3 is 2.29 bits per heavy atom. The summed E-state index contributed by atoms with van der Waals surface area (Å²) in [6, 6.07) is 6.89. The van der Waals surface area contributed by atoms with E-state index in [2.05, 4.69) is 30.7 Å². The van der Waals surface area contributed by atoms with Crippen LogP contribution in [0.25, 0.3) is 17.1 Å². The minimum Gasteiger partial charge on any atom is -0.313 e. The molecule has 0 N–H and O–H groups in total. The summed E-state index contributed by atoms with van der Waals surface area (Å²) in [6.07, 6.45) is 17.9. The lowest BCUT2D eigenvalue weighted by Crippen LogP contribution is -2.64. The van der Waals surface area contributed by atoms with Crippen LogP contribution in [0, 0.1) is 17.3 Å². The molecule has 9 nitrogen and oxygen atoms in total. The number of rotatable bonds is 7. The van der Waals surface area contributed by atoms with Crippen molar-refractivity contribution in [2.75, 3.05) is 6.54 Å². The van der Waals surface area contributed by atoms with Gasteiger partial charge in [-0.2, -0.15) is 5.06 Å². The normalized spacial score (nSPS) is 24.0. The molecule has 2 aliphatic carbocycles. The van der Waals surface area contributed by atoms with Crippen molar-refractivity contribution in [3.05, 3.63) is 54.3 Å². The number of aromatic nitrogens is 2. The first-order valence-electron chi connectivity index (χ1n) is 16.9. The number of hydrogen-bond acceptors (Lipinski definition) is 6. The molecule has 2 saturated carbocycles. The molecule has 1 aromatic carbocycles. The second-order valence-corrected chi connectivity index (χ2v) is 14.6. The fraction of sp³-hybridized carbons (Fsp3) is 0.583. The first kappa shape index (κ1) is 31.4. The van der Waals surface area contributed by atoms with Crippen molar-refractivity contribution in [1.82, 2.24) is 24.8 Å². The number of nitrogens with zero attached hydrogens (tertiary/aromatic N) is 5. The Labute approximate surface area is 266 Å². The molecule has 2 atom stereocenters. The molecule has 6 rings (SSSR count). The van der Waals surface area contributed by atoms with Gasteiger partial charge in [-0.1, -0.05) is 84.3 Å². The minimum atomic E-state index is -0.830. The molecule has 9 heteroatoms. The number of hydroxylamine groups is 2. The lowest BCUT2D eigenvalue weighted by atomic mass is 9.83. The van der Waals surface area contributed by atoms with Crippen LogP contribution < -0.4 is 0 Å². The van der Waals surface area contributed by atoms with Gasteiger partial charge in [0.25, 0.3) is 11.8 Å². The summed E-state index contributed by atoms with van der Waals surface area (Å²) < 4.78 is 0. The molecule has 0 spiro atoms. The predicted molar refractivity (Wildman–Crippen MR) is 173 cm³/mol. The van der Waals surface area contributed by atoms with Gasteiger partial charge >= 0.3 is 0 Å². The highest BCUT2D eigenvalue weighted by Gasteiger charge is 2.50. The largest absolute Gasteiger partial charge is 0.313 e. The summed E-state index contributed by atoms with van der Waals surface area (Å²) in [5.41, 5.74) is 1.84. The SMILES string of the molecule is CC(C)(C)C[C@H]1C(=O)N(CC2CCCCC2)C=C2N(C(=O)/C=C/c3cnc4ccccc4n3)O[C@H](CC3CCCCC3)C(=O)N21. The maximum absolute atomic E-state index is 14.3. The Morgan fingerprint density at radius 2 is 1.60 bits per heavy atom. The molecule has 3 heterocycles. The lowest BCUT2D eigenvalue weighted by Gasteiger charge is -2.49. The standard InChI is InChI=1S/C36H47N5O4/c1-36(2,3)21-30-34(43)39(23-26-14-8-5-9-15-26)24-32-40(30)35(44)31(20-25-12-6-4-7-13-25)45-41(32)33(42)19-18-27-22-37-28-16-10-11-17-29(28)38-27/h10-11,16-19,22,24-26,30-31H,4-9,12-15,20-21,23H2,1-3H3/b19-18+/t30-,31+/m0/s1. The van der Waals surface area contributed by atoms with Gasteiger partial charge in [-0.3, -0.25) is 29.1 Å². The van der Waals surface area contributed by atoms with Gasteiger partial charge in [-0.05, 0) is 61.1 Å². The minimum absolute atomic E-state index is 0.0692. The van der Waals surface area contributed by atoms with Crippen LogP contribution in [-0.2, 0) is 19.2 Å². The Hall–Kier alpha value is -3.59. The van der Waals surface area contributed by atoms with Crippen LogP contribution in [0.15, 0.2) is 48.6 Å². The van der Waals surface area contributed by atoms with Crippen molar-refractivity contribution in [3.8, 4) is 0 Å². The van der Waals surface area contributed by atoms with Crippen molar-refractivity contribution in [1.29, 1.82) is 0 Å². The highest BCUT2D eigenvalue weighted by Crippen LogP contribution is 2.38. The molecular formula is C36H47N5O4. The monoisotopic (exact) mass is 613 g/mol. The number of benzene rings is 1. The maximum Gasteiger partial charge on any atom is 0.276 e. The van der Waals surface area contributed by atoms with Gasteiger partial charge in [0.05, 0.1) is 29.1 Å². The van der Waals surface area contributed by atoms with Crippen molar-refractivity contribution >= 4 is 34.8 Å². The molecule has 240 valence electrons. The second-order valence-electron chi connectivity index (χ2n) is 14.6. The van der Waals surface area contributed by atoms with E-state index in [1.807, 2.05) is 24.3 Å². The maximum atomic E-state index is 14.3. The highest BCUT2D eigenvalue weighted by molar-refractivity contribution is 5.97. The first-order valence-corrected chi connectivity index (χ1v) is 16.9. The zero-order valence-corrected chi connectivity index (χ0v) is 27.0. The topological polar surface area (TPSA) is 95.9 Å². The fourth-order valence-electron chi connectivity index (χ4n) is 7.38. The summed E-state index contributed by atoms with van der Waals surface area (Å²) in [4.78, 5) is 61.2. The van der Waals surface area contributed by atoms with E-state index in [1.165, 1.54) is 36.8 Å². The third-order valence-corrected chi connectivity index (χ3v) is 9.67. The van der Waals surface area contributed by atoms with Gasteiger partial charge in [-0.25, -0.2) is 4.98 Å². The number of carbonyl (C=O) groups is 3. The Kier molecular flexibility index (Phi) is 9.36. The molecule has 4 aliphatic rings. The lowest BCUT2D eigenvalue weighted by molar-refractivity contribution is -0.227. The van der Waals surface area contributed by atoms with E-state index in [4.69, 9.17) is 4.84 Å². The van der Waals surface area contributed by atoms with E-state index >= 15 is 0 Å². The van der Waals surface area contributed by atoms with E-state index in [1.54, 1.807) is 28.3 Å². The van der Waals surface area contributed by atoms with Gasteiger partial charge in [0.15, 0.2) is 11.9 Å². The summed E-state index contributed by atoms with van der Waals surface area (Å²) in [5.74, 6) is 0.354. The van der Waals surface area contributed by atoms with E-state index in [-0.39, 0.29) is 17.2 Å². The third kappa shape index (κ3) is 7.29. The zero-order chi connectivity index (χ0) is 31.6. The molecule has 0 bridgehead atoms. The second kappa shape index (κ2) is 13.4. The number of carbonyl (C=O) groups excluding carboxylic acids is 3. The molecule has 1 saturated heterocycles. The van der Waals surface area contributed by atoms with E-state index < -0.39 is 18.1 Å². The molecule has 45 heavy (non-hydrogen) atoms. The van der Waals surface area contributed by atoms with Crippen molar-refractivity contribution in [3.63, 3.8) is 0 Å².